The fourth-order valence-corrected chi connectivity index (χ4v) is 0.698. The normalized spacial score (nSPS) is 12.3. The van der Waals surface area contributed by atoms with Gasteiger partial charge in [-0.3, -0.25) is 0 Å². The van der Waals surface area contributed by atoms with Gasteiger partial charge in [-0.05, 0) is 26.0 Å². The van der Waals surface area contributed by atoms with E-state index in [2.05, 4.69) is 0 Å². The van der Waals surface area contributed by atoms with Crippen LogP contribution in [0.15, 0.2) is 16.5 Å². The van der Waals surface area contributed by atoms with Gasteiger partial charge in [0.05, 0.1) is 6.04 Å². The number of nitrogens with two attached hydrogens (primary N) is 1. The van der Waals surface area contributed by atoms with E-state index in [1.807, 2.05) is 26.0 Å². The van der Waals surface area contributed by atoms with Gasteiger partial charge in [-0.15, -0.1) is 12.4 Å². The van der Waals surface area contributed by atoms with Crippen LogP contribution in [-0.4, -0.2) is 0 Å². The zero-order valence-electron chi connectivity index (χ0n) is 6.13. The van der Waals surface area contributed by atoms with E-state index in [1.54, 1.807) is 0 Å². The van der Waals surface area contributed by atoms with Crippen LogP contribution in [0.5, 0.6) is 0 Å². The first-order valence-corrected chi connectivity index (χ1v) is 3.02. The lowest BCUT2D eigenvalue weighted by Crippen LogP contribution is -2.02. The maximum absolute atomic E-state index is 5.53. The molecule has 0 aliphatic heterocycles. The van der Waals surface area contributed by atoms with E-state index in [9.17, 15) is 0 Å². The van der Waals surface area contributed by atoms with Gasteiger partial charge >= 0.3 is 0 Å². The SMILES string of the molecule is Cc1ccc([C@@H](C)N)o1.Cl. The summed E-state index contributed by atoms with van der Waals surface area (Å²) in [5, 5.41) is 0. The van der Waals surface area contributed by atoms with Gasteiger partial charge < -0.3 is 10.2 Å². The van der Waals surface area contributed by atoms with E-state index in [0.717, 1.165) is 11.5 Å². The van der Waals surface area contributed by atoms with Crippen molar-refractivity contribution in [3.05, 3.63) is 23.7 Å². The molecule has 1 heterocycles. The molecule has 0 saturated carbocycles. The van der Waals surface area contributed by atoms with Gasteiger partial charge in [0.15, 0.2) is 0 Å². The number of hydrogen-bond acceptors (Lipinski definition) is 2. The first kappa shape index (κ1) is 9.53. The Morgan fingerprint density at radius 1 is 1.50 bits per heavy atom. The predicted molar refractivity (Wildman–Crippen MR) is 43.3 cm³/mol. The summed E-state index contributed by atoms with van der Waals surface area (Å²) in [6.45, 7) is 3.81. The summed E-state index contributed by atoms with van der Waals surface area (Å²) in [6, 6.07) is 3.83. The second kappa shape index (κ2) is 3.64. The van der Waals surface area contributed by atoms with Crippen LogP contribution in [-0.2, 0) is 0 Å². The van der Waals surface area contributed by atoms with Gasteiger partial charge in [-0.1, -0.05) is 0 Å². The van der Waals surface area contributed by atoms with Crippen molar-refractivity contribution < 1.29 is 4.42 Å². The van der Waals surface area contributed by atoms with E-state index in [-0.39, 0.29) is 18.4 Å². The van der Waals surface area contributed by atoms with Gasteiger partial charge in [0.2, 0.25) is 0 Å². The summed E-state index contributed by atoms with van der Waals surface area (Å²) >= 11 is 0. The van der Waals surface area contributed by atoms with Crippen molar-refractivity contribution in [2.45, 2.75) is 19.9 Å². The first-order valence-electron chi connectivity index (χ1n) is 3.02. The lowest BCUT2D eigenvalue weighted by Gasteiger charge is -1.96. The Kier molecular flexibility index (Phi) is 3.47. The van der Waals surface area contributed by atoms with Crippen molar-refractivity contribution in [3.63, 3.8) is 0 Å². The zero-order valence-corrected chi connectivity index (χ0v) is 6.94. The highest BCUT2D eigenvalue weighted by Gasteiger charge is 2.01. The fraction of sp³-hybridized carbons (Fsp3) is 0.429. The Morgan fingerprint density at radius 2 is 2.10 bits per heavy atom. The lowest BCUT2D eigenvalue weighted by molar-refractivity contribution is 0.457. The molecule has 0 radical (unpaired) electrons. The Bertz CT molecular complexity index is 195. The summed E-state index contributed by atoms with van der Waals surface area (Å²) in [4.78, 5) is 0. The monoisotopic (exact) mass is 161 g/mol. The molecule has 0 amide bonds. The van der Waals surface area contributed by atoms with Crippen LogP contribution in [0, 0.1) is 6.92 Å². The van der Waals surface area contributed by atoms with Crippen molar-refractivity contribution in [2.24, 2.45) is 5.73 Å². The van der Waals surface area contributed by atoms with Crippen molar-refractivity contribution >= 4 is 12.4 Å². The minimum Gasteiger partial charge on any atom is -0.465 e. The van der Waals surface area contributed by atoms with Crippen LogP contribution in [0.3, 0.4) is 0 Å². The molecule has 0 aliphatic rings. The standard InChI is InChI=1S/C7H11NO.ClH/c1-5-3-4-7(9-5)6(2)8;/h3-4,6H,8H2,1-2H3;1H/t6-;/m1./s1. The molecule has 0 aromatic carbocycles. The van der Waals surface area contributed by atoms with Gasteiger partial charge in [0.25, 0.3) is 0 Å². The van der Waals surface area contributed by atoms with E-state index in [1.165, 1.54) is 0 Å². The molecule has 2 N–H and O–H groups in total. The molecule has 0 bridgehead atoms. The van der Waals surface area contributed by atoms with Crippen LogP contribution in [0.2, 0.25) is 0 Å². The molecular weight excluding hydrogens is 150 g/mol. The molecule has 0 spiro atoms. The van der Waals surface area contributed by atoms with Crippen molar-refractivity contribution in [3.8, 4) is 0 Å². The Labute approximate surface area is 66.8 Å². The topological polar surface area (TPSA) is 39.2 Å². The van der Waals surface area contributed by atoms with Gasteiger partial charge in [-0.25, -0.2) is 0 Å². The highest BCUT2D eigenvalue weighted by Crippen LogP contribution is 2.12. The second-order valence-electron chi connectivity index (χ2n) is 2.24. The molecule has 0 unspecified atom stereocenters. The molecule has 0 fully saturated rings. The Hall–Kier alpha value is -0.470. The smallest absolute Gasteiger partial charge is 0.120 e. The van der Waals surface area contributed by atoms with Crippen molar-refractivity contribution in [2.75, 3.05) is 0 Å². The zero-order chi connectivity index (χ0) is 6.85. The van der Waals surface area contributed by atoms with E-state index >= 15 is 0 Å². The molecule has 1 rings (SSSR count). The number of halogens is 1. The molecule has 1 atom stereocenters. The third kappa shape index (κ3) is 2.05. The molecule has 1 aromatic rings. The van der Waals surface area contributed by atoms with Gasteiger partial charge in [0.1, 0.15) is 11.5 Å². The maximum atomic E-state index is 5.53. The van der Waals surface area contributed by atoms with E-state index < -0.39 is 0 Å². The summed E-state index contributed by atoms with van der Waals surface area (Å²) in [6.07, 6.45) is 0. The summed E-state index contributed by atoms with van der Waals surface area (Å²) in [5.74, 6) is 1.77. The fourth-order valence-electron chi connectivity index (χ4n) is 0.698. The highest BCUT2D eigenvalue weighted by atomic mass is 35.5. The van der Waals surface area contributed by atoms with E-state index in [4.69, 9.17) is 10.2 Å². The lowest BCUT2D eigenvalue weighted by atomic mass is 10.3. The van der Waals surface area contributed by atoms with Crippen LogP contribution >= 0.6 is 12.4 Å². The molecule has 0 aliphatic carbocycles. The number of furan rings is 1. The molecule has 10 heavy (non-hydrogen) atoms. The molecule has 3 heteroatoms. The van der Waals surface area contributed by atoms with Crippen molar-refractivity contribution in [1.82, 2.24) is 0 Å². The summed E-state index contributed by atoms with van der Waals surface area (Å²) < 4.78 is 5.22. The number of hydrogen-bond donors (Lipinski definition) is 1. The third-order valence-electron chi connectivity index (χ3n) is 1.21. The quantitative estimate of drug-likeness (QED) is 0.685. The van der Waals surface area contributed by atoms with Gasteiger partial charge in [0, 0.05) is 0 Å². The largest absolute Gasteiger partial charge is 0.465 e. The minimum atomic E-state index is 0. The summed E-state index contributed by atoms with van der Waals surface area (Å²) in [5.41, 5.74) is 5.53. The van der Waals surface area contributed by atoms with Crippen LogP contribution in [0.25, 0.3) is 0 Å². The Morgan fingerprint density at radius 3 is 2.30 bits per heavy atom. The minimum absolute atomic E-state index is 0. The van der Waals surface area contributed by atoms with Crippen LogP contribution in [0.4, 0.5) is 0 Å². The average Bonchev–Trinajstić information content (AvgIpc) is 2.14. The number of rotatable bonds is 1. The van der Waals surface area contributed by atoms with Crippen LogP contribution < -0.4 is 5.73 Å². The third-order valence-corrected chi connectivity index (χ3v) is 1.21. The molecule has 0 saturated heterocycles. The molecule has 2 nitrogen and oxygen atoms in total. The summed E-state index contributed by atoms with van der Waals surface area (Å²) in [7, 11) is 0. The second-order valence-corrected chi connectivity index (χ2v) is 2.24. The maximum Gasteiger partial charge on any atom is 0.120 e. The number of aryl methyl sites for hydroxylation is 1. The van der Waals surface area contributed by atoms with Crippen LogP contribution in [0.1, 0.15) is 24.5 Å². The molecule has 58 valence electrons. The average molecular weight is 162 g/mol. The molecular formula is C7H12ClNO. The predicted octanol–water partition coefficient (Wildman–Crippen LogP) is 2.03. The van der Waals surface area contributed by atoms with E-state index in [0.29, 0.717) is 0 Å². The van der Waals surface area contributed by atoms with Crippen molar-refractivity contribution in [1.29, 1.82) is 0 Å². The Balaban J connectivity index is 0.000000810. The van der Waals surface area contributed by atoms with Gasteiger partial charge in [-0.2, -0.15) is 0 Å². The highest BCUT2D eigenvalue weighted by molar-refractivity contribution is 5.85. The molecule has 1 aromatic heterocycles. The first-order chi connectivity index (χ1) is 4.20.